The van der Waals surface area contributed by atoms with Gasteiger partial charge < -0.3 is 45.9 Å². The second-order valence-electron chi connectivity index (χ2n) is 28.3. The van der Waals surface area contributed by atoms with Crippen molar-refractivity contribution in [2.24, 2.45) is 0 Å². The fourth-order valence-corrected chi connectivity index (χ4v) is 16.4. The SMILES string of the molecule is COc1c(C)c[n+](O)c(Cn2c(=O)n(CCn3cccc3)c3c(Cl)nc(N)nc32)c1C.Cc1c[n+](O)c(Cn2c(=O)n(CCn3cccc3)c3c(Cl)nc(N)nc32)c(C)c1Br.Cc1c[n+](O)c(Cn2c(=O)n(CCn3cccc3)c3c(Cl)nc(N)nc32)c(C)c1Cl.Cc1c[n+](O)c(Cn2c(=O)n(CCn3cccc3)c3c(Cl)nc(N)nc32)c(C)c1I. The highest BCUT2D eigenvalue weighted by Crippen LogP contribution is 2.31. The van der Waals surface area contributed by atoms with Crippen LogP contribution >= 0.6 is 96.5 Å². The number of aryl methyl sites for hydroxylation is 12. The summed E-state index contributed by atoms with van der Waals surface area (Å²) in [5.41, 5.74) is 33.2. The van der Waals surface area contributed by atoms with Gasteiger partial charge >= 0.3 is 22.8 Å². The summed E-state index contributed by atoms with van der Waals surface area (Å²) in [5.74, 6) is 0.512. The molecular weight excluding hydrogens is 1850 g/mol. The number of halogens is 7. The Morgan fingerprint density at radius 1 is 0.364 bits per heavy atom. The van der Waals surface area contributed by atoms with E-state index in [1.807, 2.05) is 158 Å². The van der Waals surface area contributed by atoms with Crippen molar-refractivity contribution >= 4 is 165 Å². The van der Waals surface area contributed by atoms with Crippen molar-refractivity contribution in [3.63, 3.8) is 0 Å². The second-order valence-corrected chi connectivity index (χ2v) is 32.0. The van der Waals surface area contributed by atoms with E-state index >= 15 is 0 Å². The Morgan fingerprint density at radius 2 is 0.620 bits per heavy atom. The Balaban J connectivity index is 0.000000139. The number of ether oxygens (including phenoxy) is 1. The molecular formula is C77H83BrCl5IN28O9+4. The van der Waals surface area contributed by atoms with Crippen LogP contribution in [0.25, 0.3) is 44.7 Å². The number of hydrogen-bond donors (Lipinski definition) is 8. The molecule has 630 valence electrons. The molecule has 16 rings (SSSR count). The molecule has 0 radical (unpaired) electrons. The molecule has 0 aliphatic rings. The molecule has 0 bridgehead atoms. The average Bonchev–Trinajstić information content (AvgIpc) is 1.62. The van der Waals surface area contributed by atoms with Gasteiger partial charge in [0.15, 0.2) is 43.2 Å². The summed E-state index contributed by atoms with van der Waals surface area (Å²) >= 11 is 37.5. The number of fused-ring (bicyclic) bond motifs is 4. The summed E-state index contributed by atoms with van der Waals surface area (Å²) in [6.45, 7) is 18.8. The molecule has 0 aliphatic carbocycles. The maximum Gasteiger partial charge on any atom is 0.331 e. The number of anilines is 4. The molecule has 16 aromatic heterocycles. The third kappa shape index (κ3) is 17.7. The van der Waals surface area contributed by atoms with Crippen LogP contribution in [0.15, 0.2) is 147 Å². The fourth-order valence-electron chi connectivity index (χ4n) is 14.4. The van der Waals surface area contributed by atoms with Crippen LogP contribution in [-0.2, 0) is 78.5 Å². The van der Waals surface area contributed by atoms with Crippen molar-refractivity contribution in [2.75, 3.05) is 30.0 Å². The van der Waals surface area contributed by atoms with Gasteiger partial charge in [0.1, 0.15) is 54.0 Å². The largest absolute Gasteiger partial charge is 0.496 e. The molecule has 12 N–H and O–H groups in total. The maximum atomic E-state index is 13.4. The Kier molecular flexibility index (Phi) is 25.9. The number of aromatic nitrogens is 24. The molecule has 44 heteroatoms. The minimum atomic E-state index is -0.338. The number of rotatable bonds is 21. The number of imidazole rings is 4. The lowest BCUT2D eigenvalue weighted by Gasteiger charge is -2.09. The molecule has 0 aromatic carbocycles. The van der Waals surface area contributed by atoms with Gasteiger partial charge in [0.25, 0.3) is 22.8 Å². The molecule has 0 spiro atoms. The van der Waals surface area contributed by atoms with Crippen molar-refractivity contribution < 1.29 is 44.5 Å². The summed E-state index contributed by atoms with van der Waals surface area (Å²) in [4.78, 5) is 86.5. The van der Waals surface area contributed by atoms with Gasteiger partial charge in [-0.05, 0) is 142 Å². The van der Waals surface area contributed by atoms with E-state index in [1.165, 1.54) is 44.4 Å². The predicted molar refractivity (Wildman–Crippen MR) is 464 cm³/mol. The first-order valence-corrected chi connectivity index (χ1v) is 41.0. The van der Waals surface area contributed by atoms with Crippen LogP contribution in [0.4, 0.5) is 23.8 Å². The van der Waals surface area contributed by atoms with E-state index in [0.29, 0.717) is 142 Å². The third-order valence-electron chi connectivity index (χ3n) is 20.6. The molecule has 0 fully saturated rings. The zero-order valence-electron chi connectivity index (χ0n) is 66.6. The van der Waals surface area contributed by atoms with Gasteiger partial charge in [-0.15, -0.1) is 0 Å². The lowest BCUT2D eigenvalue weighted by molar-refractivity contribution is -0.910. The monoisotopic (exact) mass is 1920 g/mol. The molecule has 37 nitrogen and oxygen atoms in total. The van der Waals surface area contributed by atoms with Gasteiger partial charge in [-0.3, -0.25) is 57.4 Å². The van der Waals surface area contributed by atoms with Crippen molar-refractivity contribution in [1.29, 1.82) is 0 Å². The number of methoxy groups -OCH3 is 1. The number of nitrogens with zero attached hydrogens (tertiary/aromatic N) is 24. The maximum absolute atomic E-state index is 13.4. The fraction of sp³-hybridized carbons (Fsp3) is 0.273. The number of pyridine rings is 4. The molecule has 0 unspecified atom stereocenters. The second kappa shape index (κ2) is 36.1. The minimum Gasteiger partial charge on any atom is -0.496 e. The zero-order chi connectivity index (χ0) is 87.0. The van der Waals surface area contributed by atoms with Crippen molar-refractivity contribution in [2.45, 2.75) is 134 Å². The van der Waals surface area contributed by atoms with Crippen LogP contribution in [0, 0.1) is 59.0 Å². The van der Waals surface area contributed by atoms with Crippen LogP contribution in [0.1, 0.15) is 67.3 Å². The highest BCUT2D eigenvalue weighted by Gasteiger charge is 2.32. The van der Waals surface area contributed by atoms with Gasteiger partial charge in [0.2, 0.25) is 48.6 Å². The van der Waals surface area contributed by atoms with E-state index in [-0.39, 0.29) is 93.3 Å². The Morgan fingerprint density at radius 3 is 0.917 bits per heavy atom. The van der Waals surface area contributed by atoms with Crippen LogP contribution in [0.2, 0.25) is 25.6 Å². The smallest absolute Gasteiger partial charge is 0.331 e. The molecule has 0 saturated heterocycles. The van der Waals surface area contributed by atoms with E-state index in [9.17, 15) is 40.0 Å². The summed E-state index contributed by atoms with van der Waals surface area (Å²) in [5, 5.41) is 42.8. The van der Waals surface area contributed by atoms with E-state index in [2.05, 4.69) is 78.4 Å². The summed E-state index contributed by atoms with van der Waals surface area (Å²) < 4.78 is 31.1. The number of nitrogen functional groups attached to an aromatic ring is 4. The van der Waals surface area contributed by atoms with Crippen molar-refractivity contribution in [3.8, 4) is 5.75 Å². The van der Waals surface area contributed by atoms with E-state index in [4.69, 9.17) is 85.7 Å². The Bertz CT molecular complexity index is 6410. The van der Waals surface area contributed by atoms with E-state index < -0.39 is 0 Å². The molecule has 16 heterocycles. The van der Waals surface area contributed by atoms with Gasteiger partial charge in [0, 0.05) is 162 Å². The molecule has 121 heavy (non-hydrogen) atoms. The molecule has 0 saturated carbocycles. The first-order valence-electron chi connectivity index (χ1n) is 37.2. The van der Waals surface area contributed by atoms with E-state index in [0.717, 1.165) is 60.3 Å². The van der Waals surface area contributed by atoms with Gasteiger partial charge in [0.05, 0.1) is 23.3 Å². The van der Waals surface area contributed by atoms with Gasteiger partial charge in [-0.25, -0.2) is 19.2 Å². The lowest BCUT2D eigenvalue weighted by Crippen LogP contribution is -2.39. The minimum absolute atomic E-state index is 0.0177. The van der Waals surface area contributed by atoms with Crippen LogP contribution in [0.5, 0.6) is 5.75 Å². The van der Waals surface area contributed by atoms with Gasteiger partial charge in [-0.2, -0.15) is 39.9 Å². The number of hydrogen-bond acceptors (Lipinski definition) is 21. The molecule has 0 amide bonds. The van der Waals surface area contributed by atoms with Crippen molar-refractivity contribution in [3.05, 3.63) is 266 Å². The third-order valence-corrected chi connectivity index (χ3v) is 25.1. The van der Waals surface area contributed by atoms with Crippen LogP contribution in [0.3, 0.4) is 0 Å². The Labute approximate surface area is 734 Å². The summed E-state index contributed by atoms with van der Waals surface area (Å²) in [7, 11) is 1.56. The van der Waals surface area contributed by atoms with Crippen LogP contribution < -0.4 is 69.4 Å². The van der Waals surface area contributed by atoms with Gasteiger partial charge in [-0.1, -0.05) is 58.0 Å². The molecule has 0 aliphatic heterocycles. The van der Waals surface area contributed by atoms with E-state index in [1.54, 1.807) is 37.9 Å². The highest BCUT2D eigenvalue weighted by atomic mass is 127. The average molecular weight is 1930 g/mol. The quantitative estimate of drug-likeness (QED) is 0.0146. The van der Waals surface area contributed by atoms with Crippen molar-refractivity contribution in [1.82, 2.24) is 94.7 Å². The topological polar surface area (TPSA) is 440 Å². The summed E-state index contributed by atoms with van der Waals surface area (Å²) in [6.07, 6.45) is 21.6. The normalized spacial score (nSPS) is 11.4. The predicted octanol–water partition coefficient (Wildman–Crippen LogP) is 8.11. The summed E-state index contributed by atoms with van der Waals surface area (Å²) in [6, 6.07) is 15.3. The Hall–Kier alpha value is -12.0. The first-order chi connectivity index (χ1) is 57.6. The standard InChI is InChI=1S/C20H23ClN7O3.C19H20BrClN7O2.C19H20Cl2N7O2.C19H20ClIN7O2/c1-12-10-28(30)14(13(2)16(12)31-3)11-27-18-15(17(21)23-19(22)24-18)26(20(27)29)9-8-25-6-4-5-7-25;2*1-11-9-28(30)13(12(2)14(11)20)10-27-17-15(16(21)23-18(22)24-17)26(19(27)29)8-7-25-5-3-4-6-25;1-11-9-28(30)13(12(2)14(11)21)10-27-17-15(16(20)23-18(22)24-17)26(19(27)29)8-7-25-5-3-4-6-25/h4-7,10,30H,8-9,11H2,1-3H3,(H2,22,23,24);3*3-6,9,30H,7-8,10H2,1-2H3,(H2,22,23,24)/q4*+1. The highest BCUT2D eigenvalue weighted by molar-refractivity contribution is 14.1. The molecule has 0 atom stereocenters. The first kappa shape index (κ1) is 86.8. The number of nitrogens with two attached hydrogens (primary N) is 4. The lowest BCUT2D eigenvalue weighted by atomic mass is 10.1. The van der Waals surface area contributed by atoms with Crippen LogP contribution in [-0.4, -0.2) is 123 Å². The molecule has 16 aromatic rings. The zero-order valence-corrected chi connectivity index (χ0v) is 74.1.